The summed E-state index contributed by atoms with van der Waals surface area (Å²) in [6.45, 7) is 5.43. The molecular formula is C13H15ClN2. The van der Waals surface area contributed by atoms with Gasteiger partial charge in [0.15, 0.2) is 0 Å². The molecule has 2 N–H and O–H groups in total. The average Bonchev–Trinajstić information content (AvgIpc) is 2.60. The number of benzene rings is 1. The van der Waals surface area contributed by atoms with E-state index in [4.69, 9.17) is 11.6 Å². The van der Waals surface area contributed by atoms with E-state index in [0.717, 1.165) is 23.5 Å². The first-order valence-corrected chi connectivity index (χ1v) is 6.02. The van der Waals surface area contributed by atoms with Gasteiger partial charge in [-0.2, -0.15) is 0 Å². The van der Waals surface area contributed by atoms with Crippen molar-refractivity contribution in [3.05, 3.63) is 34.5 Å². The lowest BCUT2D eigenvalue weighted by atomic mass is 9.90. The number of hydrogen-bond acceptors (Lipinski definition) is 1. The molecule has 1 aromatic heterocycles. The van der Waals surface area contributed by atoms with Crippen molar-refractivity contribution in [3.8, 4) is 0 Å². The topological polar surface area (TPSA) is 27.8 Å². The molecule has 1 aliphatic heterocycles. The highest BCUT2D eigenvalue weighted by molar-refractivity contribution is 6.35. The molecule has 1 aliphatic rings. The van der Waals surface area contributed by atoms with Crippen LogP contribution >= 0.6 is 11.6 Å². The van der Waals surface area contributed by atoms with E-state index in [0.29, 0.717) is 0 Å². The Kier molecular flexibility index (Phi) is 2.07. The molecule has 0 fully saturated rings. The van der Waals surface area contributed by atoms with Crippen molar-refractivity contribution in [2.75, 3.05) is 6.54 Å². The van der Waals surface area contributed by atoms with Crippen LogP contribution in [0.1, 0.15) is 25.1 Å². The third kappa shape index (κ3) is 1.30. The molecule has 0 radical (unpaired) electrons. The van der Waals surface area contributed by atoms with Gasteiger partial charge >= 0.3 is 0 Å². The Labute approximate surface area is 100.0 Å². The zero-order valence-corrected chi connectivity index (χ0v) is 10.3. The molecule has 0 saturated carbocycles. The minimum atomic E-state index is 0.00985. The zero-order valence-electron chi connectivity index (χ0n) is 9.52. The van der Waals surface area contributed by atoms with Crippen LogP contribution in [-0.4, -0.2) is 11.5 Å². The maximum absolute atomic E-state index is 6.22. The largest absolute Gasteiger partial charge is 0.355 e. The predicted octanol–water partition coefficient (Wildman–Crippen LogP) is 3.20. The molecule has 2 aromatic rings. The van der Waals surface area contributed by atoms with E-state index in [1.54, 1.807) is 0 Å². The van der Waals surface area contributed by atoms with Gasteiger partial charge in [0.05, 0.1) is 16.1 Å². The molecule has 0 saturated heterocycles. The van der Waals surface area contributed by atoms with Crippen molar-refractivity contribution in [2.24, 2.45) is 0 Å². The van der Waals surface area contributed by atoms with E-state index < -0.39 is 0 Å². The van der Waals surface area contributed by atoms with Crippen LogP contribution in [0, 0.1) is 0 Å². The van der Waals surface area contributed by atoms with Gasteiger partial charge in [-0.15, -0.1) is 0 Å². The van der Waals surface area contributed by atoms with Crippen LogP contribution in [0.25, 0.3) is 10.9 Å². The van der Waals surface area contributed by atoms with Crippen LogP contribution < -0.4 is 5.32 Å². The predicted molar refractivity (Wildman–Crippen MR) is 68.0 cm³/mol. The molecule has 3 heteroatoms. The first-order chi connectivity index (χ1) is 7.59. The fourth-order valence-corrected chi connectivity index (χ4v) is 2.84. The summed E-state index contributed by atoms with van der Waals surface area (Å²) >= 11 is 6.22. The highest BCUT2D eigenvalue weighted by atomic mass is 35.5. The molecule has 2 heterocycles. The van der Waals surface area contributed by atoms with Crippen molar-refractivity contribution in [1.29, 1.82) is 0 Å². The quantitative estimate of drug-likeness (QED) is 0.720. The second kappa shape index (κ2) is 3.25. The standard InChI is InChI=1S/C13H15ClN2/c1-13(2)12-9(6-7-15-13)8-4-3-5-10(14)11(8)16-12/h3-5,15-16H,6-7H2,1-2H3. The van der Waals surface area contributed by atoms with Gasteiger partial charge < -0.3 is 10.3 Å². The number of aromatic amines is 1. The van der Waals surface area contributed by atoms with E-state index >= 15 is 0 Å². The maximum atomic E-state index is 6.22. The lowest BCUT2D eigenvalue weighted by Crippen LogP contribution is -2.42. The number of rotatable bonds is 0. The van der Waals surface area contributed by atoms with Crippen LogP contribution in [0.2, 0.25) is 5.02 Å². The van der Waals surface area contributed by atoms with E-state index in [9.17, 15) is 0 Å². The molecule has 0 bridgehead atoms. The van der Waals surface area contributed by atoms with Gasteiger partial charge in [0, 0.05) is 17.6 Å². The summed E-state index contributed by atoms with van der Waals surface area (Å²) in [7, 11) is 0. The van der Waals surface area contributed by atoms with Gasteiger partial charge in [0.2, 0.25) is 0 Å². The number of fused-ring (bicyclic) bond motifs is 3. The number of H-pyrrole nitrogens is 1. The number of aromatic nitrogens is 1. The molecule has 0 amide bonds. The summed E-state index contributed by atoms with van der Waals surface area (Å²) in [5.41, 5.74) is 3.78. The van der Waals surface area contributed by atoms with E-state index in [1.165, 1.54) is 16.6 Å². The van der Waals surface area contributed by atoms with Crippen LogP contribution in [0.3, 0.4) is 0 Å². The Morgan fingerprint density at radius 1 is 1.31 bits per heavy atom. The summed E-state index contributed by atoms with van der Waals surface area (Å²) in [5, 5.41) is 5.60. The average molecular weight is 235 g/mol. The molecule has 16 heavy (non-hydrogen) atoms. The molecule has 0 aliphatic carbocycles. The molecule has 1 aromatic carbocycles. The Bertz CT molecular complexity index is 554. The summed E-state index contributed by atoms with van der Waals surface area (Å²) in [4.78, 5) is 3.48. The third-order valence-electron chi connectivity index (χ3n) is 3.46. The normalized spacial score (nSPS) is 18.7. The fraction of sp³-hybridized carbons (Fsp3) is 0.385. The summed E-state index contributed by atoms with van der Waals surface area (Å²) in [5.74, 6) is 0. The molecular weight excluding hydrogens is 220 g/mol. The third-order valence-corrected chi connectivity index (χ3v) is 3.77. The smallest absolute Gasteiger partial charge is 0.0648 e. The van der Waals surface area contributed by atoms with E-state index in [2.05, 4.69) is 30.2 Å². The van der Waals surface area contributed by atoms with Crippen LogP contribution in [-0.2, 0) is 12.0 Å². The van der Waals surface area contributed by atoms with Crippen LogP contribution in [0.15, 0.2) is 18.2 Å². The maximum Gasteiger partial charge on any atom is 0.0648 e. The lowest BCUT2D eigenvalue weighted by Gasteiger charge is -2.31. The van der Waals surface area contributed by atoms with Gasteiger partial charge in [0.1, 0.15) is 0 Å². The number of nitrogens with one attached hydrogen (secondary N) is 2. The van der Waals surface area contributed by atoms with Crippen LogP contribution in [0.4, 0.5) is 0 Å². The zero-order chi connectivity index (χ0) is 11.3. The Balaban J connectivity index is 2.37. The van der Waals surface area contributed by atoms with Crippen molar-refractivity contribution in [3.63, 3.8) is 0 Å². The van der Waals surface area contributed by atoms with Gasteiger partial charge in [-0.05, 0) is 31.9 Å². The second-order valence-corrected chi connectivity index (χ2v) is 5.35. The van der Waals surface area contributed by atoms with Gasteiger partial charge in [-0.25, -0.2) is 0 Å². The first-order valence-electron chi connectivity index (χ1n) is 5.64. The van der Waals surface area contributed by atoms with Gasteiger partial charge in [-0.3, -0.25) is 0 Å². The molecule has 84 valence electrons. The van der Waals surface area contributed by atoms with Crippen molar-refractivity contribution >= 4 is 22.5 Å². The summed E-state index contributed by atoms with van der Waals surface area (Å²) in [6.07, 6.45) is 1.07. The van der Waals surface area contributed by atoms with Crippen LogP contribution in [0.5, 0.6) is 0 Å². The Morgan fingerprint density at radius 3 is 2.94 bits per heavy atom. The summed E-state index contributed by atoms with van der Waals surface area (Å²) < 4.78 is 0. The second-order valence-electron chi connectivity index (χ2n) is 4.94. The van der Waals surface area contributed by atoms with Gasteiger partial charge in [0.25, 0.3) is 0 Å². The van der Waals surface area contributed by atoms with Crippen molar-refractivity contribution < 1.29 is 0 Å². The molecule has 0 spiro atoms. The minimum absolute atomic E-state index is 0.00985. The van der Waals surface area contributed by atoms with Gasteiger partial charge in [-0.1, -0.05) is 23.7 Å². The molecule has 0 unspecified atom stereocenters. The number of para-hydroxylation sites is 1. The Morgan fingerprint density at radius 2 is 2.12 bits per heavy atom. The molecule has 2 nitrogen and oxygen atoms in total. The highest BCUT2D eigenvalue weighted by Gasteiger charge is 2.30. The fourth-order valence-electron chi connectivity index (χ4n) is 2.62. The molecule has 3 rings (SSSR count). The van der Waals surface area contributed by atoms with E-state index in [-0.39, 0.29) is 5.54 Å². The number of hydrogen-bond donors (Lipinski definition) is 2. The van der Waals surface area contributed by atoms with Crippen molar-refractivity contribution in [2.45, 2.75) is 25.8 Å². The van der Waals surface area contributed by atoms with Crippen molar-refractivity contribution in [1.82, 2.24) is 10.3 Å². The monoisotopic (exact) mass is 234 g/mol. The highest BCUT2D eigenvalue weighted by Crippen LogP contribution is 2.35. The summed E-state index contributed by atoms with van der Waals surface area (Å²) in [6, 6.07) is 6.11. The first kappa shape index (κ1) is 10.2. The Hall–Kier alpha value is -0.990. The SMILES string of the molecule is CC1(C)NCCc2c1[nH]c1c(Cl)cccc21. The molecule has 0 atom stereocenters. The minimum Gasteiger partial charge on any atom is -0.355 e. The van der Waals surface area contributed by atoms with E-state index in [1.807, 2.05) is 12.1 Å². The number of halogens is 1. The lowest BCUT2D eigenvalue weighted by molar-refractivity contribution is 0.374.